The highest BCUT2D eigenvalue weighted by atomic mass is 32.2. The first kappa shape index (κ1) is 9.99. The molecule has 0 spiro atoms. The van der Waals surface area contributed by atoms with Crippen LogP contribution < -0.4 is 0 Å². The molecule has 0 heterocycles. The van der Waals surface area contributed by atoms with Crippen LogP contribution in [0.4, 0.5) is 0 Å². The molecule has 0 saturated carbocycles. The molecule has 3 heteroatoms. The second-order valence-electron chi connectivity index (χ2n) is 2.90. The van der Waals surface area contributed by atoms with Crippen LogP contribution >= 0.6 is 0 Å². The predicted octanol–water partition coefficient (Wildman–Crippen LogP) is 2.05. The zero-order chi connectivity index (χ0) is 9.90. The first-order valence-corrected chi connectivity index (χ1v) is 5.66. The van der Waals surface area contributed by atoms with Crippen molar-refractivity contribution >= 4 is 9.84 Å². The number of benzene rings is 1. The summed E-state index contributed by atoms with van der Waals surface area (Å²) in [6, 6.07) is 7.44. The third-order valence-corrected chi connectivity index (χ3v) is 3.09. The fraction of sp³-hybridized carbons (Fsp3) is 0.200. The van der Waals surface area contributed by atoms with Crippen LogP contribution in [0.5, 0.6) is 0 Å². The highest BCUT2D eigenvalue weighted by Gasteiger charge is 2.07. The molecule has 0 atom stereocenters. The zero-order valence-corrected chi connectivity index (χ0v) is 8.34. The molecule has 13 heavy (non-hydrogen) atoms. The Bertz CT molecular complexity index is 405. The Hall–Kier alpha value is -1.09. The van der Waals surface area contributed by atoms with E-state index in [1.54, 1.807) is 0 Å². The minimum atomic E-state index is -3.13. The van der Waals surface area contributed by atoms with Gasteiger partial charge in [0.15, 0.2) is 9.84 Å². The first-order chi connectivity index (χ1) is 6.05. The second kappa shape index (κ2) is 3.75. The Kier molecular flexibility index (Phi) is 2.88. The average Bonchev–Trinajstić information content (AvgIpc) is 2.09. The smallest absolute Gasteiger partial charge is 0.175 e. The summed E-state index contributed by atoms with van der Waals surface area (Å²) in [5.74, 6) is 0.0448. The van der Waals surface area contributed by atoms with Gasteiger partial charge in [-0.15, -0.1) is 0 Å². The molecule has 0 amide bonds. The zero-order valence-electron chi connectivity index (χ0n) is 7.53. The lowest BCUT2D eigenvalue weighted by atomic mass is 10.1. The summed E-state index contributed by atoms with van der Waals surface area (Å²) in [5.41, 5.74) is 1.83. The van der Waals surface area contributed by atoms with Crippen molar-refractivity contribution in [2.75, 3.05) is 0 Å². The monoisotopic (exact) mass is 196 g/mol. The lowest BCUT2D eigenvalue weighted by Crippen LogP contribution is -2.00. The molecule has 0 N–H and O–H groups in total. The van der Waals surface area contributed by atoms with Crippen LogP contribution in [0.25, 0.3) is 0 Å². The summed E-state index contributed by atoms with van der Waals surface area (Å²) >= 11 is 0. The van der Waals surface area contributed by atoms with Crippen molar-refractivity contribution in [1.82, 2.24) is 0 Å². The van der Waals surface area contributed by atoms with E-state index < -0.39 is 9.84 Å². The molecule has 0 aliphatic heterocycles. The average molecular weight is 196 g/mol. The van der Waals surface area contributed by atoms with E-state index in [1.807, 2.05) is 31.2 Å². The van der Waals surface area contributed by atoms with Gasteiger partial charge in [-0.05, 0) is 18.1 Å². The normalized spacial score (nSPS) is 11.2. The third kappa shape index (κ3) is 2.70. The van der Waals surface area contributed by atoms with Crippen LogP contribution in [0.15, 0.2) is 36.3 Å². The van der Waals surface area contributed by atoms with Gasteiger partial charge in [-0.1, -0.05) is 30.8 Å². The van der Waals surface area contributed by atoms with Crippen molar-refractivity contribution in [3.8, 4) is 0 Å². The maximum absolute atomic E-state index is 11.2. The van der Waals surface area contributed by atoms with E-state index in [-0.39, 0.29) is 5.75 Å². The van der Waals surface area contributed by atoms with Gasteiger partial charge in [-0.25, -0.2) is 8.42 Å². The molecular formula is C10H12O2S. The van der Waals surface area contributed by atoms with E-state index in [0.717, 1.165) is 16.5 Å². The molecule has 0 fully saturated rings. The molecule has 70 valence electrons. The summed E-state index contributed by atoms with van der Waals surface area (Å²) in [7, 11) is -3.13. The lowest BCUT2D eigenvalue weighted by molar-refractivity contribution is 0.604. The van der Waals surface area contributed by atoms with E-state index in [9.17, 15) is 8.42 Å². The second-order valence-corrected chi connectivity index (χ2v) is 4.85. The van der Waals surface area contributed by atoms with E-state index in [1.165, 1.54) is 0 Å². The van der Waals surface area contributed by atoms with Crippen molar-refractivity contribution in [2.24, 2.45) is 0 Å². The number of aryl methyl sites for hydroxylation is 1. The quantitative estimate of drug-likeness (QED) is 0.741. The molecule has 1 aromatic carbocycles. The fourth-order valence-electron chi connectivity index (χ4n) is 1.05. The molecule has 1 aromatic rings. The van der Waals surface area contributed by atoms with E-state index in [0.29, 0.717) is 0 Å². The number of hydrogen-bond donors (Lipinski definition) is 0. The summed E-state index contributed by atoms with van der Waals surface area (Å²) < 4.78 is 22.4. The van der Waals surface area contributed by atoms with E-state index >= 15 is 0 Å². The Labute approximate surface area is 78.8 Å². The molecule has 0 aromatic heterocycles. The van der Waals surface area contributed by atoms with Gasteiger partial charge in [-0.2, -0.15) is 0 Å². The summed E-state index contributed by atoms with van der Waals surface area (Å²) in [6.45, 7) is 5.17. The molecule has 0 aliphatic carbocycles. The van der Waals surface area contributed by atoms with Gasteiger partial charge >= 0.3 is 0 Å². The van der Waals surface area contributed by atoms with Gasteiger partial charge in [-0.3, -0.25) is 0 Å². The predicted molar refractivity (Wildman–Crippen MR) is 54.0 cm³/mol. The molecule has 0 aliphatic rings. The third-order valence-electron chi connectivity index (χ3n) is 1.87. The summed E-state index contributed by atoms with van der Waals surface area (Å²) in [4.78, 5) is 0. The van der Waals surface area contributed by atoms with E-state index in [2.05, 4.69) is 6.58 Å². The Morgan fingerprint density at radius 1 is 1.38 bits per heavy atom. The lowest BCUT2D eigenvalue weighted by Gasteiger charge is -2.02. The van der Waals surface area contributed by atoms with Crippen LogP contribution in [-0.4, -0.2) is 8.42 Å². The number of rotatable bonds is 3. The van der Waals surface area contributed by atoms with Crippen LogP contribution in [0.3, 0.4) is 0 Å². The van der Waals surface area contributed by atoms with Crippen molar-refractivity contribution in [1.29, 1.82) is 0 Å². The summed E-state index contributed by atoms with van der Waals surface area (Å²) in [5, 5.41) is 0.999. The van der Waals surface area contributed by atoms with Crippen LogP contribution in [0.2, 0.25) is 0 Å². The van der Waals surface area contributed by atoms with Crippen molar-refractivity contribution < 1.29 is 8.42 Å². The van der Waals surface area contributed by atoms with Crippen LogP contribution in [0, 0.1) is 6.92 Å². The minimum Gasteiger partial charge on any atom is -0.224 e. The van der Waals surface area contributed by atoms with Crippen LogP contribution in [0.1, 0.15) is 11.1 Å². The SMILES string of the molecule is C=CS(=O)(=O)Cc1ccccc1C. The molecule has 1 rings (SSSR count). The highest BCUT2D eigenvalue weighted by molar-refractivity contribution is 7.93. The Morgan fingerprint density at radius 3 is 2.54 bits per heavy atom. The molecule has 0 unspecified atom stereocenters. The highest BCUT2D eigenvalue weighted by Crippen LogP contribution is 2.11. The molecule has 0 radical (unpaired) electrons. The number of sulfone groups is 1. The fourth-order valence-corrected chi connectivity index (χ4v) is 1.92. The molecule has 0 bridgehead atoms. The van der Waals surface area contributed by atoms with E-state index in [4.69, 9.17) is 0 Å². The number of hydrogen-bond acceptors (Lipinski definition) is 2. The summed E-state index contributed by atoms with van der Waals surface area (Å²) in [6.07, 6.45) is 0. The maximum atomic E-state index is 11.2. The standard InChI is InChI=1S/C10H12O2S/c1-3-13(11,12)8-10-7-5-4-6-9(10)2/h3-7H,1,8H2,2H3. The van der Waals surface area contributed by atoms with Crippen molar-refractivity contribution in [3.63, 3.8) is 0 Å². The van der Waals surface area contributed by atoms with Gasteiger partial charge < -0.3 is 0 Å². The van der Waals surface area contributed by atoms with Gasteiger partial charge in [0.05, 0.1) is 5.75 Å². The molecule has 0 saturated heterocycles. The largest absolute Gasteiger partial charge is 0.224 e. The van der Waals surface area contributed by atoms with Gasteiger partial charge in [0.2, 0.25) is 0 Å². The van der Waals surface area contributed by atoms with Crippen molar-refractivity contribution in [3.05, 3.63) is 47.4 Å². The van der Waals surface area contributed by atoms with Gasteiger partial charge in [0, 0.05) is 5.41 Å². The Morgan fingerprint density at radius 2 is 2.00 bits per heavy atom. The maximum Gasteiger partial charge on any atom is 0.175 e. The minimum absolute atomic E-state index is 0.0448. The van der Waals surface area contributed by atoms with Gasteiger partial charge in [0.25, 0.3) is 0 Å². The van der Waals surface area contributed by atoms with Gasteiger partial charge in [0.1, 0.15) is 0 Å². The molecule has 2 nitrogen and oxygen atoms in total. The van der Waals surface area contributed by atoms with Crippen molar-refractivity contribution in [2.45, 2.75) is 12.7 Å². The molecular weight excluding hydrogens is 184 g/mol. The topological polar surface area (TPSA) is 34.1 Å². The first-order valence-electron chi connectivity index (χ1n) is 3.95. The Balaban J connectivity index is 3.00. The van der Waals surface area contributed by atoms with Crippen LogP contribution in [-0.2, 0) is 15.6 Å².